The second-order valence-electron chi connectivity index (χ2n) is 5.85. The van der Waals surface area contributed by atoms with Gasteiger partial charge in [-0.1, -0.05) is 17.9 Å². The Labute approximate surface area is 126 Å². The largest absolute Gasteiger partial charge is 0.320 e. The number of likely N-dealkylation sites (tertiary alicyclic amines) is 1. The predicted molar refractivity (Wildman–Crippen MR) is 84.3 cm³/mol. The zero-order valence-corrected chi connectivity index (χ0v) is 12.9. The first kappa shape index (κ1) is 16.0. The third-order valence-corrected chi connectivity index (χ3v) is 3.82. The van der Waals surface area contributed by atoms with Crippen LogP contribution in [0.3, 0.4) is 0 Å². The molecule has 0 amide bonds. The highest BCUT2D eigenvalue weighted by Gasteiger charge is 2.24. The van der Waals surface area contributed by atoms with E-state index in [2.05, 4.69) is 35.7 Å². The van der Waals surface area contributed by atoms with E-state index in [4.69, 9.17) is 5.73 Å². The van der Waals surface area contributed by atoms with Crippen molar-refractivity contribution in [1.29, 1.82) is 0 Å². The maximum Gasteiger partial charge on any atom is 0.138 e. The number of nitrogens with two attached hydrogens (primary N) is 1. The molecule has 1 fully saturated rings. The van der Waals surface area contributed by atoms with Crippen LogP contribution in [-0.2, 0) is 6.54 Å². The molecule has 0 spiro atoms. The molecule has 114 valence electrons. The van der Waals surface area contributed by atoms with Crippen molar-refractivity contribution >= 4 is 0 Å². The van der Waals surface area contributed by atoms with Crippen molar-refractivity contribution in [3.05, 3.63) is 35.1 Å². The third-order valence-electron chi connectivity index (χ3n) is 3.82. The van der Waals surface area contributed by atoms with E-state index < -0.39 is 0 Å². The molecule has 1 atom stereocenters. The van der Waals surface area contributed by atoms with Crippen molar-refractivity contribution in [2.75, 3.05) is 33.7 Å². The first-order valence-electron chi connectivity index (χ1n) is 7.46. The molecule has 1 aliphatic rings. The second kappa shape index (κ2) is 7.56. The summed E-state index contributed by atoms with van der Waals surface area (Å²) in [4.78, 5) is 4.71. The molecule has 0 radical (unpaired) electrons. The summed E-state index contributed by atoms with van der Waals surface area (Å²) in [5.41, 5.74) is 6.91. The molecule has 1 saturated heterocycles. The molecular weight excluding hydrogens is 265 g/mol. The van der Waals surface area contributed by atoms with Crippen LogP contribution in [0.5, 0.6) is 0 Å². The highest BCUT2D eigenvalue weighted by Crippen LogP contribution is 2.21. The molecular formula is C17H24FN3. The molecule has 2 N–H and O–H groups in total. The van der Waals surface area contributed by atoms with E-state index in [1.807, 2.05) is 12.1 Å². The molecule has 4 heteroatoms. The second-order valence-corrected chi connectivity index (χ2v) is 5.85. The summed E-state index contributed by atoms with van der Waals surface area (Å²) in [5.74, 6) is 5.25. The van der Waals surface area contributed by atoms with Crippen molar-refractivity contribution in [3.8, 4) is 11.8 Å². The fraction of sp³-hybridized carbons (Fsp3) is 0.529. The van der Waals surface area contributed by atoms with Crippen LogP contribution in [-0.4, -0.2) is 49.6 Å². The Hall–Kier alpha value is -1.41. The lowest BCUT2D eigenvalue weighted by Crippen LogP contribution is -2.37. The number of hydrogen-bond donors (Lipinski definition) is 1. The van der Waals surface area contributed by atoms with Gasteiger partial charge in [-0.2, -0.15) is 0 Å². The molecule has 1 aromatic carbocycles. The SMILES string of the molecule is CN(C)CC1CCCN1Cc1ccc(F)c(C#CCN)c1. The summed E-state index contributed by atoms with van der Waals surface area (Å²) in [6.45, 7) is 3.29. The number of likely N-dealkylation sites (N-methyl/N-ethyl adjacent to an activating group) is 1. The van der Waals surface area contributed by atoms with Gasteiger partial charge < -0.3 is 10.6 Å². The number of rotatable bonds is 4. The van der Waals surface area contributed by atoms with Gasteiger partial charge in [-0.25, -0.2) is 4.39 Å². The van der Waals surface area contributed by atoms with Gasteiger partial charge in [0.25, 0.3) is 0 Å². The van der Waals surface area contributed by atoms with Crippen LogP contribution in [0.1, 0.15) is 24.0 Å². The summed E-state index contributed by atoms with van der Waals surface area (Å²) < 4.78 is 13.7. The standard InChI is InChI=1S/C17H24FN3/c1-20(2)13-16-6-4-10-21(16)12-14-7-8-17(18)15(11-14)5-3-9-19/h7-8,11,16H,4,6,9-10,12-13,19H2,1-2H3. The number of nitrogens with zero attached hydrogens (tertiary/aromatic N) is 2. The van der Waals surface area contributed by atoms with Crippen LogP contribution in [0.25, 0.3) is 0 Å². The minimum Gasteiger partial charge on any atom is -0.320 e. The van der Waals surface area contributed by atoms with Gasteiger partial charge in [0, 0.05) is 19.1 Å². The van der Waals surface area contributed by atoms with E-state index in [0.29, 0.717) is 11.6 Å². The predicted octanol–water partition coefficient (Wildman–Crippen LogP) is 1.66. The topological polar surface area (TPSA) is 32.5 Å². The van der Waals surface area contributed by atoms with Crippen LogP contribution in [0.4, 0.5) is 4.39 Å². The van der Waals surface area contributed by atoms with Gasteiger partial charge in [0.05, 0.1) is 12.1 Å². The van der Waals surface area contributed by atoms with E-state index >= 15 is 0 Å². The van der Waals surface area contributed by atoms with Crippen molar-refractivity contribution in [2.24, 2.45) is 5.73 Å². The quantitative estimate of drug-likeness (QED) is 0.856. The molecule has 0 saturated carbocycles. The van der Waals surface area contributed by atoms with Gasteiger partial charge >= 0.3 is 0 Å². The van der Waals surface area contributed by atoms with Gasteiger partial charge in [0.2, 0.25) is 0 Å². The molecule has 0 bridgehead atoms. The zero-order valence-electron chi connectivity index (χ0n) is 12.9. The highest BCUT2D eigenvalue weighted by molar-refractivity contribution is 5.38. The first-order valence-corrected chi connectivity index (χ1v) is 7.46. The zero-order chi connectivity index (χ0) is 15.2. The third kappa shape index (κ3) is 4.53. The van der Waals surface area contributed by atoms with Gasteiger partial charge in [-0.3, -0.25) is 4.90 Å². The molecule has 1 aliphatic heterocycles. The van der Waals surface area contributed by atoms with E-state index in [0.717, 1.165) is 25.2 Å². The Morgan fingerprint density at radius 3 is 2.95 bits per heavy atom. The van der Waals surface area contributed by atoms with Crippen molar-refractivity contribution in [3.63, 3.8) is 0 Å². The van der Waals surface area contributed by atoms with Crippen LogP contribution >= 0.6 is 0 Å². The van der Waals surface area contributed by atoms with E-state index in [9.17, 15) is 4.39 Å². The Balaban J connectivity index is 2.08. The molecule has 1 aromatic rings. The Morgan fingerprint density at radius 1 is 1.43 bits per heavy atom. The first-order chi connectivity index (χ1) is 10.1. The monoisotopic (exact) mass is 289 g/mol. The summed E-state index contributed by atoms with van der Waals surface area (Å²) in [7, 11) is 4.21. The number of halogens is 1. The van der Waals surface area contributed by atoms with Crippen molar-refractivity contribution in [2.45, 2.75) is 25.4 Å². The minimum absolute atomic E-state index is 0.251. The van der Waals surface area contributed by atoms with E-state index in [1.165, 1.54) is 18.9 Å². The fourth-order valence-corrected chi connectivity index (χ4v) is 2.88. The van der Waals surface area contributed by atoms with Crippen LogP contribution < -0.4 is 5.73 Å². The summed E-state index contributed by atoms with van der Waals surface area (Å²) in [5, 5.41) is 0. The smallest absolute Gasteiger partial charge is 0.138 e. The lowest BCUT2D eigenvalue weighted by molar-refractivity contribution is 0.201. The summed E-state index contributed by atoms with van der Waals surface area (Å²) >= 11 is 0. The van der Waals surface area contributed by atoms with E-state index in [1.54, 1.807) is 0 Å². The molecule has 0 aromatic heterocycles. The number of benzene rings is 1. The van der Waals surface area contributed by atoms with Crippen LogP contribution in [0, 0.1) is 17.7 Å². The average Bonchev–Trinajstić information content (AvgIpc) is 2.86. The molecule has 0 aliphatic carbocycles. The minimum atomic E-state index is -0.272. The van der Waals surface area contributed by atoms with Crippen LogP contribution in [0.15, 0.2) is 18.2 Å². The van der Waals surface area contributed by atoms with E-state index in [-0.39, 0.29) is 12.4 Å². The van der Waals surface area contributed by atoms with Gasteiger partial charge in [-0.15, -0.1) is 0 Å². The van der Waals surface area contributed by atoms with Gasteiger partial charge in [0.15, 0.2) is 0 Å². The normalized spacial score (nSPS) is 18.8. The maximum absolute atomic E-state index is 13.7. The van der Waals surface area contributed by atoms with Crippen molar-refractivity contribution in [1.82, 2.24) is 9.80 Å². The average molecular weight is 289 g/mol. The Kier molecular flexibility index (Phi) is 5.75. The molecule has 21 heavy (non-hydrogen) atoms. The molecule has 1 heterocycles. The Bertz CT molecular complexity index is 531. The number of hydrogen-bond acceptors (Lipinski definition) is 3. The summed E-state index contributed by atoms with van der Waals surface area (Å²) in [6, 6.07) is 5.80. The summed E-state index contributed by atoms with van der Waals surface area (Å²) in [6.07, 6.45) is 2.47. The molecule has 2 rings (SSSR count). The highest BCUT2D eigenvalue weighted by atomic mass is 19.1. The van der Waals surface area contributed by atoms with Gasteiger partial charge in [0.1, 0.15) is 5.82 Å². The molecule has 3 nitrogen and oxygen atoms in total. The Morgan fingerprint density at radius 2 is 2.24 bits per heavy atom. The lowest BCUT2D eigenvalue weighted by Gasteiger charge is -2.27. The molecule has 1 unspecified atom stereocenters. The fourth-order valence-electron chi connectivity index (χ4n) is 2.88. The van der Waals surface area contributed by atoms with Crippen molar-refractivity contribution < 1.29 is 4.39 Å². The van der Waals surface area contributed by atoms with Crippen LogP contribution in [0.2, 0.25) is 0 Å². The van der Waals surface area contributed by atoms with Gasteiger partial charge in [-0.05, 0) is 51.2 Å². The maximum atomic E-state index is 13.7. The lowest BCUT2D eigenvalue weighted by atomic mass is 10.1.